The van der Waals surface area contributed by atoms with E-state index in [2.05, 4.69) is 5.10 Å². The average molecular weight is 602 g/mol. The Morgan fingerprint density at radius 3 is 2.29 bits per heavy atom. The summed E-state index contributed by atoms with van der Waals surface area (Å²) in [7, 11) is -3.84. The molecule has 4 aromatic rings. The first-order valence-corrected chi connectivity index (χ1v) is 15.0. The topological polar surface area (TPSA) is 117 Å². The molecule has 0 aliphatic carbocycles. The van der Waals surface area contributed by atoms with Crippen LogP contribution in [0.15, 0.2) is 58.4 Å². The predicted octanol–water partition coefficient (Wildman–Crippen LogP) is 5.04. The number of hydrogen-bond donors (Lipinski definition) is 0. The van der Waals surface area contributed by atoms with Gasteiger partial charge in [-0.05, 0) is 62.1 Å². The summed E-state index contributed by atoms with van der Waals surface area (Å²) in [5.74, 6) is -1.55. The van der Waals surface area contributed by atoms with E-state index >= 15 is 0 Å². The molecule has 0 aliphatic heterocycles. The number of pyridine rings is 1. The molecule has 0 unspecified atom stereocenters. The normalized spacial score (nSPS) is 12.1. The summed E-state index contributed by atoms with van der Waals surface area (Å²) in [6, 6.07) is 11.4. The smallest absolute Gasteiger partial charge is 0.328 e. The number of fused-ring (bicyclic) bond motifs is 1. The van der Waals surface area contributed by atoms with E-state index < -0.39 is 39.3 Å². The van der Waals surface area contributed by atoms with Gasteiger partial charge in [0.25, 0.3) is 5.56 Å². The van der Waals surface area contributed by atoms with Crippen LogP contribution in [-0.4, -0.2) is 46.4 Å². The van der Waals surface area contributed by atoms with E-state index in [1.807, 2.05) is 0 Å². The fourth-order valence-corrected chi connectivity index (χ4v) is 5.54. The lowest BCUT2D eigenvalue weighted by molar-refractivity contribution is -0.155. The zero-order valence-electron chi connectivity index (χ0n) is 23.2. The standard InChI is InChI=1S/C29H29ClFN3O6S/c1-6-23(35)27-26(17-7-10-19(31)11-8-17)22-13-18(30)9-12-21(22)28(37)33(27)15-20-14-24(41(5,38)39)34(32-20)16-25(36)40-29(2,3)4/h7-14H,6,15-16H2,1-5H3. The van der Waals surface area contributed by atoms with Gasteiger partial charge in [0.2, 0.25) is 0 Å². The second-order valence-electron chi connectivity index (χ2n) is 10.6. The van der Waals surface area contributed by atoms with Crippen molar-refractivity contribution in [3.05, 3.63) is 81.1 Å². The van der Waals surface area contributed by atoms with E-state index in [0.717, 1.165) is 10.9 Å². The number of sulfone groups is 1. The molecule has 2 aromatic heterocycles. The van der Waals surface area contributed by atoms with E-state index in [4.69, 9.17) is 16.3 Å². The van der Waals surface area contributed by atoms with Crippen molar-refractivity contribution in [1.29, 1.82) is 0 Å². The molecule has 0 saturated heterocycles. The Hall–Kier alpha value is -3.83. The number of hydrogen-bond acceptors (Lipinski definition) is 7. The third-order valence-corrected chi connectivity index (χ3v) is 7.47. The molecular weight excluding hydrogens is 573 g/mol. The van der Waals surface area contributed by atoms with Crippen molar-refractivity contribution in [2.45, 2.75) is 57.8 Å². The number of benzene rings is 2. The van der Waals surface area contributed by atoms with Crippen LogP contribution in [0, 0.1) is 5.82 Å². The zero-order valence-corrected chi connectivity index (χ0v) is 24.8. The molecule has 0 radical (unpaired) electrons. The van der Waals surface area contributed by atoms with Gasteiger partial charge in [0.1, 0.15) is 18.0 Å². The molecule has 0 aliphatic rings. The first-order valence-electron chi connectivity index (χ1n) is 12.7. The molecule has 0 spiro atoms. The third-order valence-electron chi connectivity index (χ3n) is 6.14. The molecule has 12 heteroatoms. The fraction of sp³-hybridized carbons (Fsp3) is 0.310. The lowest BCUT2D eigenvalue weighted by Crippen LogP contribution is -2.28. The van der Waals surface area contributed by atoms with Crippen molar-refractivity contribution in [2.24, 2.45) is 0 Å². The Morgan fingerprint density at radius 1 is 1.05 bits per heavy atom. The molecule has 216 valence electrons. The van der Waals surface area contributed by atoms with Gasteiger partial charge in [0, 0.05) is 34.7 Å². The van der Waals surface area contributed by atoms with Crippen LogP contribution in [0.5, 0.6) is 0 Å². The van der Waals surface area contributed by atoms with Crippen LogP contribution in [0.2, 0.25) is 5.02 Å². The number of halogens is 2. The lowest BCUT2D eigenvalue weighted by Gasteiger charge is -2.19. The largest absolute Gasteiger partial charge is 0.459 e. The highest BCUT2D eigenvalue weighted by atomic mass is 35.5. The summed E-state index contributed by atoms with van der Waals surface area (Å²) >= 11 is 6.27. The van der Waals surface area contributed by atoms with Gasteiger partial charge >= 0.3 is 5.97 Å². The van der Waals surface area contributed by atoms with E-state index in [9.17, 15) is 27.2 Å². The highest BCUT2D eigenvalue weighted by molar-refractivity contribution is 7.90. The number of ether oxygens (including phenoxy) is 1. The Kier molecular flexibility index (Phi) is 8.24. The minimum Gasteiger partial charge on any atom is -0.459 e. The monoisotopic (exact) mass is 601 g/mol. The molecule has 0 fully saturated rings. The highest BCUT2D eigenvalue weighted by Gasteiger charge is 2.26. The van der Waals surface area contributed by atoms with E-state index in [-0.39, 0.29) is 40.5 Å². The number of Topliss-reactive ketones (excluding diaryl/α,β-unsaturated/α-hetero) is 1. The molecule has 0 atom stereocenters. The molecule has 2 heterocycles. The molecule has 4 rings (SSSR count). The fourth-order valence-electron chi connectivity index (χ4n) is 4.53. The highest BCUT2D eigenvalue weighted by Crippen LogP contribution is 2.33. The van der Waals surface area contributed by atoms with Crippen molar-refractivity contribution in [1.82, 2.24) is 14.3 Å². The first-order chi connectivity index (χ1) is 19.1. The number of nitrogens with zero attached hydrogens (tertiary/aromatic N) is 3. The van der Waals surface area contributed by atoms with Crippen molar-refractivity contribution in [3.63, 3.8) is 0 Å². The summed E-state index contributed by atoms with van der Waals surface area (Å²) < 4.78 is 46.5. The molecule has 0 bridgehead atoms. The number of rotatable bonds is 8. The van der Waals surface area contributed by atoms with E-state index in [1.165, 1.54) is 41.0 Å². The van der Waals surface area contributed by atoms with Crippen LogP contribution < -0.4 is 5.56 Å². The quantitative estimate of drug-likeness (QED) is 0.205. The number of aromatic nitrogens is 3. The second kappa shape index (κ2) is 11.2. The average Bonchev–Trinajstić information content (AvgIpc) is 3.27. The maximum absolute atomic E-state index is 13.8. The third kappa shape index (κ3) is 6.57. The van der Waals surface area contributed by atoms with Crippen LogP contribution in [0.4, 0.5) is 4.39 Å². The van der Waals surface area contributed by atoms with Crippen LogP contribution >= 0.6 is 11.6 Å². The molecule has 2 aromatic carbocycles. The molecular formula is C29H29ClFN3O6S. The van der Waals surface area contributed by atoms with Crippen molar-refractivity contribution in [3.8, 4) is 11.1 Å². The zero-order chi connectivity index (χ0) is 30.3. The van der Waals surface area contributed by atoms with Gasteiger partial charge in [-0.1, -0.05) is 30.7 Å². The van der Waals surface area contributed by atoms with Crippen molar-refractivity contribution in [2.75, 3.05) is 6.26 Å². The van der Waals surface area contributed by atoms with Crippen LogP contribution in [0.3, 0.4) is 0 Å². The van der Waals surface area contributed by atoms with Gasteiger partial charge in [-0.3, -0.25) is 19.0 Å². The van der Waals surface area contributed by atoms with Gasteiger partial charge in [0.15, 0.2) is 20.6 Å². The number of carbonyl (C=O) groups is 2. The summed E-state index contributed by atoms with van der Waals surface area (Å²) in [4.78, 5) is 39.7. The predicted molar refractivity (Wildman–Crippen MR) is 154 cm³/mol. The minimum absolute atomic E-state index is 0.0430. The van der Waals surface area contributed by atoms with Gasteiger partial charge in [-0.2, -0.15) is 5.10 Å². The van der Waals surface area contributed by atoms with Crippen LogP contribution in [0.25, 0.3) is 21.9 Å². The molecule has 0 N–H and O–H groups in total. The van der Waals surface area contributed by atoms with Gasteiger partial charge in [-0.25, -0.2) is 17.5 Å². The Labute approximate surface area is 241 Å². The molecule has 0 amide bonds. The SMILES string of the molecule is CCC(=O)c1c(-c2ccc(F)cc2)c2cc(Cl)ccc2c(=O)n1Cc1cc(S(C)(=O)=O)n(CC(=O)OC(C)(C)C)n1. The Bertz CT molecular complexity index is 1840. The summed E-state index contributed by atoms with van der Waals surface area (Å²) in [6.07, 6.45) is 1.02. The van der Waals surface area contributed by atoms with Crippen molar-refractivity contribution < 1.29 is 27.1 Å². The van der Waals surface area contributed by atoms with Crippen LogP contribution in [-0.2, 0) is 32.5 Å². The second-order valence-corrected chi connectivity index (χ2v) is 13.0. The maximum Gasteiger partial charge on any atom is 0.328 e. The minimum atomic E-state index is -3.84. The number of carbonyl (C=O) groups excluding carboxylic acids is 2. The van der Waals surface area contributed by atoms with E-state index in [1.54, 1.807) is 39.8 Å². The molecule has 9 nitrogen and oxygen atoms in total. The molecule has 41 heavy (non-hydrogen) atoms. The molecule has 0 saturated carbocycles. The number of esters is 1. The Morgan fingerprint density at radius 2 is 1.71 bits per heavy atom. The summed E-state index contributed by atoms with van der Waals surface area (Å²) in [6.45, 7) is 5.93. The summed E-state index contributed by atoms with van der Waals surface area (Å²) in [5.41, 5.74) is -0.295. The van der Waals surface area contributed by atoms with Gasteiger partial charge < -0.3 is 4.74 Å². The van der Waals surface area contributed by atoms with Crippen molar-refractivity contribution >= 4 is 44.0 Å². The van der Waals surface area contributed by atoms with Gasteiger partial charge in [-0.15, -0.1) is 0 Å². The van der Waals surface area contributed by atoms with Gasteiger partial charge in [0.05, 0.1) is 17.9 Å². The summed E-state index contributed by atoms with van der Waals surface area (Å²) in [5, 5.41) is 5.06. The first kappa shape index (κ1) is 30.1. The Balaban J connectivity index is 1.96. The maximum atomic E-state index is 13.8. The van der Waals surface area contributed by atoms with Crippen LogP contribution in [0.1, 0.15) is 50.3 Å². The van der Waals surface area contributed by atoms with E-state index in [0.29, 0.717) is 21.5 Å². The number of ketones is 1. The lowest BCUT2D eigenvalue weighted by atomic mass is 9.94.